The van der Waals surface area contributed by atoms with Crippen LogP contribution in [0.2, 0.25) is 5.02 Å². The third-order valence-electron chi connectivity index (χ3n) is 4.32. The highest BCUT2D eigenvalue weighted by Crippen LogP contribution is 2.28. The van der Waals surface area contributed by atoms with Crippen LogP contribution in [0.3, 0.4) is 0 Å². The van der Waals surface area contributed by atoms with Crippen LogP contribution in [0, 0.1) is 10.1 Å². The summed E-state index contributed by atoms with van der Waals surface area (Å²) < 4.78 is 16.5. The Kier molecular flexibility index (Phi) is 8.20. The van der Waals surface area contributed by atoms with Gasteiger partial charge in [0.1, 0.15) is 12.4 Å². The lowest BCUT2D eigenvalue weighted by Crippen LogP contribution is -2.24. The first-order valence-corrected chi connectivity index (χ1v) is 10.1. The maximum atomic E-state index is 11.9. The van der Waals surface area contributed by atoms with E-state index in [9.17, 15) is 14.9 Å². The first-order valence-electron chi connectivity index (χ1n) is 9.69. The lowest BCUT2D eigenvalue weighted by atomic mass is 10.2. The lowest BCUT2D eigenvalue weighted by molar-refractivity contribution is -0.384. The van der Waals surface area contributed by atoms with Gasteiger partial charge < -0.3 is 14.2 Å². The zero-order chi connectivity index (χ0) is 23.6. The molecular weight excluding hydrogens is 450 g/mol. The standard InChI is InChI=1S/C23H20ClN3O6/c1-31-22-12-17(13-25-26-23(28)15-32-20-9-5-18(24)6-10-20)4-11-21(22)33-14-16-2-7-19(8-3-16)27(29)30/h2-13H,14-15H2,1H3,(H,26,28)/b25-13-. The van der Waals surface area contributed by atoms with Crippen molar-refractivity contribution in [3.63, 3.8) is 0 Å². The third-order valence-corrected chi connectivity index (χ3v) is 4.57. The van der Waals surface area contributed by atoms with Gasteiger partial charge in [0, 0.05) is 17.2 Å². The highest BCUT2D eigenvalue weighted by molar-refractivity contribution is 6.30. The van der Waals surface area contributed by atoms with Gasteiger partial charge in [0.2, 0.25) is 0 Å². The van der Waals surface area contributed by atoms with E-state index in [1.165, 1.54) is 25.5 Å². The molecule has 3 rings (SSSR count). The summed E-state index contributed by atoms with van der Waals surface area (Å²) in [6, 6.07) is 17.9. The molecule has 0 heterocycles. The van der Waals surface area contributed by atoms with Crippen molar-refractivity contribution < 1.29 is 23.9 Å². The Morgan fingerprint density at radius 3 is 2.45 bits per heavy atom. The summed E-state index contributed by atoms with van der Waals surface area (Å²) in [5.74, 6) is 1.07. The Hall–Kier alpha value is -4.11. The van der Waals surface area contributed by atoms with Crippen LogP contribution < -0.4 is 19.6 Å². The van der Waals surface area contributed by atoms with Crippen molar-refractivity contribution in [3.8, 4) is 17.2 Å². The third kappa shape index (κ3) is 7.22. The number of hydrogen-bond acceptors (Lipinski definition) is 7. The molecule has 170 valence electrons. The molecule has 0 spiro atoms. The first kappa shape index (κ1) is 23.6. The maximum absolute atomic E-state index is 11.9. The predicted molar refractivity (Wildman–Crippen MR) is 123 cm³/mol. The van der Waals surface area contributed by atoms with E-state index in [0.717, 1.165) is 5.56 Å². The Bertz CT molecular complexity index is 1130. The SMILES string of the molecule is COc1cc(/C=N\NC(=O)COc2ccc(Cl)cc2)ccc1OCc1ccc([N+](=O)[O-])cc1. The Balaban J connectivity index is 1.51. The minimum absolute atomic E-state index is 0.0172. The van der Waals surface area contributed by atoms with E-state index in [2.05, 4.69) is 10.5 Å². The number of hydrazone groups is 1. The Labute approximate surface area is 194 Å². The minimum Gasteiger partial charge on any atom is -0.493 e. The fraction of sp³-hybridized carbons (Fsp3) is 0.130. The summed E-state index contributed by atoms with van der Waals surface area (Å²) in [6.07, 6.45) is 1.46. The smallest absolute Gasteiger partial charge is 0.277 e. The van der Waals surface area contributed by atoms with Gasteiger partial charge in [-0.2, -0.15) is 5.10 Å². The average molecular weight is 470 g/mol. The second-order valence-electron chi connectivity index (χ2n) is 6.66. The Morgan fingerprint density at radius 2 is 1.79 bits per heavy atom. The number of non-ortho nitro benzene ring substituents is 1. The largest absolute Gasteiger partial charge is 0.493 e. The molecule has 0 atom stereocenters. The average Bonchev–Trinajstić information content (AvgIpc) is 2.83. The molecule has 0 radical (unpaired) electrons. The number of carbonyl (C=O) groups excluding carboxylic acids is 1. The van der Waals surface area contributed by atoms with Gasteiger partial charge >= 0.3 is 0 Å². The number of ether oxygens (including phenoxy) is 3. The number of nitro groups is 1. The number of nitrogens with zero attached hydrogens (tertiary/aromatic N) is 2. The Morgan fingerprint density at radius 1 is 1.06 bits per heavy atom. The van der Waals surface area contributed by atoms with Crippen LogP contribution in [0.25, 0.3) is 0 Å². The normalized spacial score (nSPS) is 10.6. The van der Waals surface area contributed by atoms with Gasteiger partial charge in [-0.15, -0.1) is 0 Å². The van der Waals surface area contributed by atoms with Crippen LogP contribution in [0.15, 0.2) is 71.8 Å². The quantitative estimate of drug-likeness (QED) is 0.268. The molecule has 1 N–H and O–H groups in total. The zero-order valence-electron chi connectivity index (χ0n) is 17.6. The van der Waals surface area contributed by atoms with Crippen molar-refractivity contribution in [2.24, 2.45) is 5.10 Å². The monoisotopic (exact) mass is 469 g/mol. The summed E-state index contributed by atoms with van der Waals surface area (Å²) in [6.45, 7) is 0.0170. The molecule has 0 saturated carbocycles. The number of carbonyl (C=O) groups is 1. The van der Waals surface area contributed by atoms with Gasteiger partial charge in [-0.1, -0.05) is 11.6 Å². The molecule has 9 nitrogen and oxygen atoms in total. The zero-order valence-corrected chi connectivity index (χ0v) is 18.3. The van der Waals surface area contributed by atoms with Crippen molar-refractivity contribution in [1.29, 1.82) is 0 Å². The van der Waals surface area contributed by atoms with Crippen LogP contribution in [0.4, 0.5) is 5.69 Å². The molecule has 0 saturated heterocycles. The number of hydrogen-bond donors (Lipinski definition) is 1. The number of benzene rings is 3. The van der Waals surface area contributed by atoms with Gasteiger partial charge in [-0.05, 0) is 65.7 Å². The van der Waals surface area contributed by atoms with Crippen LogP contribution in [-0.4, -0.2) is 30.8 Å². The molecule has 0 unspecified atom stereocenters. The molecule has 0 aliphatic heterocycles. The molecule has 1 amide bonds. The fourth-order valence-corrected chi connectivity index (χ4v) is 2.78. The minimum atomic E-state index is -0.455. The van der Waals surface area contributed by atoms with Gasteiger partial charge in [-0.25, -0.2) is 5.43 Å². The molecule has 3 aromatic carbocycles. The maximum Gasteiger partial charge on any atom is 0.277 e. The number of halogens is 1. The van der Waals surface area contributed by atoms with Crippen LogP contribution in [0.5, 0.6) is 17.2 Å². The number of nitrogens with one attached hydrogen (secondary N) is 1. The van der Waals surface area contributed by atoms with E-state index in [4.69, 9.17) is 25.8 Å². The molecule has 0 aromatic heterocycles. The van der Waals surface area contributed by atoms with Crippen molar-refractivity contribution in [2.45, 2.75) is 6.61 Å². The number of rotatable bonds is 10. The molecule has 0 aliphatic carbocycles. The van der Waals surface area contributed by atoms with E-state index >= 15 is 0 Å². The first-order chi connectivity index (χ1) is 15.9. The number of nitro benzene ring substituents is 1. The fourth-order valence-electron chi connectivity index (χ4n) is 2.65. The van der Waals surface area contributed by atoms with E-state index in [-0.39, 0.29) is 18.9 Å². The summed E-state index contributed by atoms with van der Waals surface area (Å²) in [4.78, 5) is 22.2. The summed E-state index contributed by atoms with van der Waals surface area (Å²) in [5.41, 5.74) is 3.85. The van der Waals surface area contributed by atoms with Gasteiger partial charge in [0.05, 0.1) is 18.2 Å². The van der Waals surface area contributed by atoms with Crippen molar-refractivity contribution in [1.82, 2.24) is 5.43 Å². The molecule has 10 heteroatoms. The van der Waals surface area contributed by atoms with Crippen molar-refractivity contribution in [2.75, 3.05) is 13.7 Å². The number of methoxy groups -OCH3 is 1. The topological polar surface area (TPSA) is 112 Å². The van der Waals surface area contributed by atoms with E-state index in [1.807, 2.05) is 0 Å². The second-order valence-corrected chi connectivity index (χ2v) is 7.09. The van der Waals surface area contributed by atoms with E-state index in [1.54, 1.807) is 54.6 Å². The van der Waals surface area contributed by atoms with Gasteiger partial charge in [-0.3, -0.25) is 14.9 Å². The summed E-state index contributed by atoms with van der Waals surface area (Å²) >= 11 is 5.80. The molecule has 3 aromatic rings. The lowest BCUT2D eigenvalue weighted by Gasteiger charge is -2.11. The molecule has 0 aliphatic rings. The molecular formula is C23H20ClN3O6. The number of amides is 1. The molecule has 0 fully saturated rings. The predicted octanol–water partition coefficient (Wildman–Crippen LogP) is 4.36. The van der Waals surface area contributed by atoms with Crippen molar-refractivity contribution in [3.05, 3.63) is 93.0 Å². The van der Waals surface area contributed by atoms with Crippen molar-refractivity contribution >= 4 is 29.4 Å². The highest BCUT2D eigenvalue weighted by atomic mass is 35.5. The second kappa shape index (κ2) is 11.5. The van der Waals surface area contributed by atoms with E-state index < -0.39 is 10.8 Å². The summed E-state index contributed by atoms with van der Waals surface area (Å²) in [7, 11) is 1.50. The van der Waals surface area contributed by atoms with Crippen LogP contribution in [-0.2, 0) is 11.4 Å². The van der Waals surface area contributed by atoms with Crippen LogP contribution in [0.1, 0.15) is 11.1 Å². The highest BCUT2D eigenvalue weighted by Gasteiger charge is 2.08. The molecule has 33 heavy (non-hydrogen) atoms. The van der Waals surface area contributed by atoms with Gasteiger partial charge in [0.25, 0.3) is 11.6 Å². The summed E-state index contributed by atoms with van der Waals surface area (Å²) in [5, 5.41) is 15.2. The van der Waals surface area contributed by atoms with Gasteiger partial charge in [0.15, 0.2) is 18.1 Å². The van der Waals surface area contributed by atoms with E-state index in [0.29, 0.717) is 27.8 Å². The molecule has 0 bridgehead atoms. The van der Waals surface area contributed by atoms with Crippen LogP contribution >= 0.6 is 11.6 Å².